The first-order valence-corrected chi connectivity index (χ1v) is 6.75. The van der Waals surface area contributed by atoms with Crippen molar-refractivity contribution < 1.29 is 4.74 Å². The van der Waals surface area contributed by atoms with Crippen LogP contribution >= 0.6 is 0 Å². The third-order valence-corrected chi connectivity index (χ3v) is 3.03. The number of anilines is 1. The smallest absolute Gasteiger partial charge is 0.137 e. The first kappa shape index (κ1) is 14.2. The zero-order valence-electron chi connectivity index (χ0n) is 12.3. The Morgan fingerprint density at radius 3 is 2.70 bits per heavy atom. The number of pyridine rings is 1. The number of nitrogens with one attached hydrogen (secondary N) is 1. The van der Waals surface area contributed by atoms with Gasteiger partial charge in [0.25, 0.3) is 0 Å². The normalized spacial score (nSPS) is 10.7. The third kappa shape index (κ3) is 2.87. The van der Waals surface area contributed by atoms with Gasteiger partial charge >= 0.3 is 0 Å². The van der Waals surface area contributed by atoms with Gasteiger partial charge in [-0.15, -0.1) is 0 Å². The van der Waals surface area contributed by atoms with Gasteiger partial charge in [-0.25, -0.2) is 9.97 Å². The predicted octanol–water partition coefficient (Wildman–Crippen LogP) is 3.10. The molecule has 0 aromatic carbocycles. The fourth-order valence-electron chi connectivity index (χ4n) is 2.14. The SMILES string of the molecule is CCNc1ncnc(-c2cncc(OC)c2)c1C(C)C. The van der Waals surface area contributed by atoms with E-state index in [9.17, 15) is 0 Å². The molecule has 2 aromatic heterocycles. The Morgan fingerprint density at radius 1 is 1.25 bits per heavy atom. The molecule has 0 aliphatic rings. The predicted molar refractivity (Wildman–Crippen MR) is 80.1 cm³/mol. The molecule has 2 heterocycles. The Bertz CT molecular complexity index is 584. The first-order chi connectivity index (χ1) is 9.67. The summed E-state index contributed by atoms with van der Waals surface area (Å²) >= 11 is 0. The molecular weight excluding hydrogens is 252 g/mol. The maximum atomic E-state index is 5.23. The van der Waals surface area contributed by atoms with Gasteiger partial charge in [-0.3, -0.25) is 4.98 Å². The molecule has 0 amide bonds. The quantitative estimate of drug-likeness (QED) is 0.906. The minimum atomic E-state index is 0.312. The van der Waals surface area contributed by atoms with Crippen LogP contribution in [-0.2, 0) is 0 Å². The number of ether oxygens (including phenoxy) is 1. The van der Waals surface area contributed by atoms with Crippen molar-refractivity contribution in [2.24, 2.45) is 0 Å². The number of methoxy groups -OCH3 is 1. The van der Waals surface area contributed by atoms with Crippen LogP contribution in [0, 0.1) is 0 Å². The van der Waals surface area contributed by atoms with E-state index in [2.05, 4.69) is 41.0 Å². The summed E-state index contributed by atoms with van der Waals surface area (Å²) in [6, 6.07) is 1.94. The van der Waals surface area contributed by atoms with Crippen molar-refractivity contribution in [3.63, 3.8) is 0 Å². The van der Waals surface area contributed by atoms with Crippen LogP contribution in [0.5, 0.6) is 5.75 Å². The molecule has 1 N–H and O–H groups in total. The summed E-state index contributed by atoms with van der Waals surface area (Å²) in [5.74, 6) is 1.92. The van der Waals surface area contributed by atoms with Gasteiger partial charge in [0.05, 0.1) is 19.0 Å². The van der Waals surface area contributed by atoms with E-state index in [0.717, 1.165) is 34.9 Å². The third-order valence-electron chi connectivity index (χ3n) is 3.03. The van der Waals surface area contributed by atoms with Crippen molar-refractivity contribution in [3.8, 4) is 17.0 Å². The van der Waals surface area contributed by atoms with Crippen molar-refractivity contribution in [3.05, 3.63) is 30.4 Å². The molecule has 0 saturated carbocycles. The number of rotatable bonds is 5. The summed E-state index contributed by atoms with van der Waals surface area (Å²) in [7, 11) is 1.63. The van der Waals surface area contributed by atoms with E-state index in [1.165, 1.54) is 0 Å². The van der Waals surface area contributed by atoms with Crippen molar-refractivity contribution in [2.75, 3.05) is 19.0 Å². The summed E-state index contributed by atoms with van der Waals surface area (Å²) in [6.07, 6.45) is 5.07. The molecule has 0 spiro atoms. The second-order valence-electron chi connectivity index (χ2n) is 4.78. The van der Waals surface area contributed by atoms with E-state index in [-0.39, 0.29) is 0 Å². The molecule has 0 radical (unpaired) electrons. The number of hydrogen-bond donors (Lipinski definition) is 1. The molecule has 2 rings (SSSR count). The first-order valence-electron chi connectivity index (χ1n) is 6.75. The maximum Gasteiger partial charge on any atom is 0.137 e. The Hall–Kier alpha value is -2.17. The molecule has 106 valence electrons. The zero-order chi connectivity index (χ0) is 14.5. The fourth-order valence-corrected chi connectivity index (χ4v) is 2.14. The average Bonchev–Trinajstić information content (AvgIpc) is 2.47. The second-order valence-corrected chi connectivity index (χ2v) is 4.78. The van der Waals surface area contributed by atoms with Gasteiger partial charge in [0, 0.05) is 23.9 Å². The van der Waals surface area contributed by atoms with Gasteiger partial charge in [-0.05, 0) is 18.9 Å². The highest BCUT2D eigenvalue weighted by Gasteiger charge is 2.16. The van der Waals surface area contributed by atoms with Gasteiger partial charge in [0.2, 0.25) is 0 Å². The average molecular weight is 272 g/mol. The van der Waals surface area contributed by atoms with E-state index in [4.69, 9.17) is 4.74 Å². The summed E-state index contributed by atoms with van der Waals surface area (Å²) in [5.41, 5.74) is 2.94. The molecule has 5 heteroatoms. The minimum absolute atomic E-state index is 0.312. The van der Waals surface area contributed by atoms with Crippen molar-refractivity contribution in [2.45, 2.75) is 26.7 Å². The summed E-state index contributed by atoms with van der Waals surface area (Å²) in [6.45, 7) is 7.15. The second kappa shape index (κ2) is 6.32. The zero-order valence-corrected chi connectivity index (χ0v) is 12.3. The highest BCUT2D eigenvalue weighted by Crippen LogP contribution is 2.32. The standard InChI is InChI=1S/C15H20N4O/c1-5-17-15-13(10(2)3)14(18-9-19-15)11-6-12(20-4)8-16-7-11/h6-10H,5H2,1-4H3,(H,17,18,19). The lowest BCUT2D eigenvalue weighted by molar-refractivity contribution is 0.413. The fraction of sp³-hybridized carbons (Fsp3) is 0.400. The van der Waals surface area contributed by atoms with Crippen LogP contribution in [0.4, 0.5) is 5.82 Å². The lowest BCUT2D eigenvalue weighted by Crippen LogP contribution is -2.07. The largest absolute Gasteiger partial charge is 0.495 e. The molecular formula is C15H20N4O. The molecule has 2 aromatic rings. The summed E-state index contributed by atoms with van der Waals surface area (Å²) < 4.78 is 5.23. The van der Waals surface area contributed by atoms with E-state index < -0.39 is 0 Å². The molecule has 0 aliphatic carbocycles. The lowest BCUT2D eigenvalue weighted by Gasteiger charge is -2.16. The molecule has 0 aliphatic heterocycles. The van der Waals surface area contributed by atoms with Crippen LogP contribution < -0.4 is 10.1 Å². The van der Waals surface area contributed by atoms with E-state index >= 15 is 0 Å². The van der Waals surface area contributed by atoms with Gasteiger partial charge in [-0.2, -0.15) is 0 Å². The van der Waals surface area contributed by atoms with Crippen LogP contribution in [0.25, 0.3) is 11.3 Å². The van der Waals surface area contributed by atoms with Crippen molar-refractivity contribution in [1.29, 1.82) is 0 Å². The Labute approximate surface area is 119 Å². The molecule has 0 bridgehead atoms. The van der Waals surface area contributed by atoms with Gasteiger partial charge in [0.1, 0.15) is 17.9 Å². The molecule has 0 fully saturated rings. The van der Waals surface area contributed by atoms with Crippen molar-refractivity contribution in [1.82, 2.24) is 15.0 Å². The van der Waals surface area contributed by atoms with E-state index in [1.807, 2.05) is 6.07 Å². The monoisotopic (exact) mass is 272 g/mol. The van der Waals surface area contributed by atoms with Crippen LogP contribution in [0.1, 0.15) is 32.3 Å². The molecule has 20 heavy (non-hydrogen) atoms. The topological polar surface area (TPSA) is 59.9 Å². The maximum absolute atomic E-state index is 5.23. The highest BCUT2D eigenvalue weighted by molar-refractivity contribution is 5.69. The summed E-state index contributed by atoms with van der Waals surface area (Å²) in [5, 5.41) is 3.29. The molecule has 0 saturated heterocycles. The molecule has 0 unspecified atom stereocenters. The molecule has 0 atom stereocenters. The van der Waals surface area contributed by atoms with Gasteiger partial charge < -0.3 is 10.1 Å². The van der Waals surface area contributed by atoms with Crippen LogP contribution in [-0.4, -0.2) is 28.6 Å². The van der Waals surface area contributed by atoms with E-state index in [0.29, 0.717) is 5.92 Å². The lowest BCUT2D eigenvalue weighted by atomic mass is 9.98. The minimum Gasteiger partial charge on any atom is -0.495 e. The van der Waals surface area contributed by atoms with E-state index in [1.54, 1.807) is 25.8 Å². The van der Waals surface area contributed by atoms with Crippen LogP contribution in [0.3, 0.4) is 0 Å². The Balaban J connectivity index is 2.57. The van der Waals surface area contributed by atoms with Crippen LogP contribution in [0.2, 0.25) is 0 Å². The van der Waals surface area contributed by atoms with Crippen LogP contribution in [0.15, 0.2) is 24.8 Å². The molecule has 5 nitrogen and oxygen atoms in total. The number of aromatic nitrogens is 3. The van der Waals surface area contributed by atoms with Crippen molar-refractivity contribution >= 4 is 5.82 Å². The van der Waals surface area contributed by atoms with Gasteiger partial charge in [-0.1, -0.05) is 13.8 Å². The highest BCUT2D eigenvalue weighted by atomic mass is 16.5. The number of hydrogen-bond acceptors (Lipinski definition) is 5. The Kier molecular flexibility index (Phi) is 4.50. The Morgan fingerprint density at radius 2 is 2.05 bits per heavy atom. The number of nitrogens with zero attached hydrogens (tertiary/aromatic N) is 3. The summed E-state index contributed by atoms with van der Waals surface area (Å²) in [4.78, 5) is 13.0. The van der Waals surface area contributed by atoms with Gasteiger partial charge in [0.15, 0.2) is 0 Å².